The van der Waals surface area contributed by atoms with Crippen LogP contribution in [-0.4, -0.2) is 48.1 Å². The normalized spacial score (nSPS) is 12.6. The van der Waals surface area contributed by atoms with Gasteiger partial charge >= 0.3 is 5.97 Å². The molecule has 3 N–H and O–H groups in total. The third kappa shape index (κ3) is 8.81. The van der Waals surface area contributed by atoms with Gasteiger partial charge < -0.3 is 19.9 Å². The number of carbonyl (C=O) groups excluding carboxylic acids is 1. The average Bonchev–Trinajstić information content (AvgIpc) is 2.23. The minimum absolute atomic E-state index is 0.151. The largest absolute Gasteiger partial charge is 0.466 e. The summed E-state index contributed by atoms with van der Waals surface area (Å²) in [4.78, 5) is 11.2. The molecule has 108 valence electrons. The molecule has 0 aromatic carbocycles. The summed E-state index contributed by atoms with van der Waals surface area (Å²) in [6, 6.07) is 0. The Morgan fingerprint density at radius 3 is 2.33 bits per heavy atom. The highest BCUT2D eigenvalue weighted by Crippen LogP contribution is 2.12. The minimum atomic E-state index is -1.73. The maximum Gasteiger partial charge on any atom is 0.307 e. The second kappa shape index (κ2) is 8.05. The zero-order valence-electron chi connectivity index (χ0n) is 12.3. The van der Waals surface area contributed by atoms with E-state index in [2.05, 4.69) is 31.5 Å². The quantitative estimate of drug-likeness (QED) is 0.377. The van der Waals surface area contributed by atoms with E-state index < -0.39 is 16.6 Å². The lowest BCUT2D eigenvalue weighted by atomic mass is 10.4. The Hall–Kier alpha value is -0.216. The molecule has 0 fully saturated rings. The van der Waals surface area contributed by atoms with Gasteiger partial charge in [0.15, 0.2) is 16.6 Å². The first-order chi connectivity index (χ1) is 8.22. The van der Waals surface area contributed by atoms with Crippen molar-refractivity contribution in [3.8, 4) is 0 Å². The lowest BCUT2D eigenvalue weighted by Crippen LogP contribution is -2.54. The Morgan fingerprint density at radius 1 is 1.22 bits per heavy atom. The smallest absolute Gasteiger partial charge is 0.307 e. The highest BCUT2D eigenvalue weighted by molar-refractivity contribution is 6.85. The SMILES string of the molecule is CCOC(=O)CCNC[Si](C)(C)O[Si](C)(C)CN. The van der Waals surface area contributed by atoms with Gasteiger partial charge in [-0.15, -0.1) is 0 Å². The molecule has 0 saturated carbocycles. The van der Waals surface area contributed by atoms with Crippen molar-refractivity contribution in [1.29, 1.82) is 0 Å². The number of carbonyl (C=O) groups is 1. The molecule has 0 saturated heterocycles. The third-order valence-corrected chi connectivity index (χ3v) is 8.91. The molecule has 7 heteroatoms. The molecular weight excluding hydrogens is 264 g/mol. The first kappa shape index (κ1) is 17.8. The van der Waals surface area contributed by atoms with Crippen molar-refractivity contribution < 1.29 is 13.6 Å². The molecule has 5 nitrogen and oxygen atoms in total. The topological polar surface area (TPSA) is 73.6 Å². The first-order valence-corrected chi connectivity index (χ1v) is 12.7. The molecule has 0 amide bonds. The molecule has 0 unspecified atom stereocenters. The van der Waals surface area contributed by atoms with Gasteiger partial charge in [-0.3, -0.25) is 4.79 Å². The summed E-state index contributed by atoms with van der Waals surface area (Å²) in [5, 5.41) is 3.28. The third-order valence-electron chi connectivity index (χ3n) is 2.41. The van der Waals surface area contributed by atoms with E-state index in [0.29, 0.717) is 25.7 Å². The van der Waals surface area contributed by atoms with Crippen LogP contribution in [0, 0.1) is 0 Å². The fourth-order valence-corrected chi connectivity index (χ4v) is 9.02. The second-order valence-electron chi connectivity index (χ2n) is 5.56. The van der Waals surface area contributed by atoms with E-state index in [9.17, 15) is 4.79 Å². The molecule has 0 spiro atoms. The molecule has 0 heterocycles. The van der Waals surface area contributed by atoms with Gasteiger partial charge in [0.05, 0.1) is 13.0 Å². The Balaban J connectivity index is 3.87. The van der Waals surface area contributed by atoms with Gasteiger partial charge in [-0.05, 0) is 33.1 Å². The summed E-state index contributed by atoms with van der Waals surface area (Å²) >= 11 is 0. The Morgan fingerprint density at radius 2 is 1.83 bits per heavy atom. The monoisotopic (exact) mass is 292 g/mol. The van der Waals surface area contributed by atoms with Gasteiger partial charge in [0, 0.05) is 18.9 Å². The van der Waals surface area contributed by atoms with Crippen LogP contribution in [0.3, 0.4) is 0 Å². The van der Waals surface area contributed by atoms with Crippen LogP contribution in [-0.2, 0) is 13.6 Å². The number of rotatable bonds is 9. The van der Waals surface area contributed by atoms with E-state index in [1.165, 1.54) is 0 Å². The van der Waals surface area contributed by atoms with E-state index in [1.54, 1.807) is 0 Å². The summed E-state index contributed by atoms with van der Waals surface area (Å²) in [7, 11) is -3.43. The van der Waals surface area contributed by atoms with Crippen molar-refractivity contribution in [2.75, 3.05) is 25.5 Å². The second-order valence-corrected chi connectivity index (χ2v) is 14.2. The zero-order valence-corrected chi connectivity index (χ0v) is 14.3. The van der Waals surface area contributed by atoms with Crippen molar-refractivity contribution in [2.24, 2.45) is 5.73 Å². The van der Waals surface area contributed by atoms with E-state index in [4.69, 9.17) is 14.6 Å². The van der Waals surface area contributed by atoms with Crippen molar-refractivity contribution in [3.05, 3.63) is 0 Å². The molecular formula is C11H28N2O3Si2. The summed E-state index contributed by atoms with van der Waals surface area (Å²) in [5.74, 6) is -0.151. The number of esters is 1. The molecule has 18 heavy (non-hydrogen) atoms. The number of hydrogen-bond donors (Lipinski definition) is 2. The summed E-state index contributed by atoms with van der Waals surface area (Å²) < 4.78 is 11.1. The lowest BCUT2D eigenvalue weighted by molar-refractivity contribution is -0.142. The molecule has 0 aliphatic rings. The van der Waals surface area contributed by atoms with Gasteiger partial charge in [0.25, 0.3) is 0 Å². The fourth-order valence-electron chi connectivity index (χ4n) is 1.64. The highest BCUT2D eigenvalue weighted by atomic mass is 28.4. The van der Waals surface area contributed by atoms with Crippen molar-refractivity contribution in [2.45, 2.75) is 39.5 Å². The van der Waals surface area contributed by atoms with Crippen LogP contribution in [0.4, 0.5) is 0 Å². The summed E-state index contributed by atoms with van der Waals surface area (Å²) in [6.45, 7) is 11.5. The maximum atomic E-state index is 11.2. The predicted molar refractivity (Wildman–Crippen MR) is 79.2 cm³/mol. The van der Waals surface area contributed by atoms with Gasteiger partial charge in [0.2, 0.25) is 0 Å². The standard InChI is InChI=1S/C11H28N2O3Si2/c1-6-15-11(14)7-8-13-10-18(4,5)16-17(2,3)9-12/h13H,6-10,12H2,1-5H3. The van der Waals surface area contributed by atoms with Gasteiger partial charge in [-0.25, -0.2) is 0 Å². The van der Waals surface area contributed by atoms with Crippen LogP contribution >= 0.6 is 0 Å². The molecule has 0 bridgehead atoms. The Labute approximate surface area is 113 Å². The van der Waals surface area contributed by atoms with Crippen LogP contribution < -0.4 is 11.1 Å². The van der Waals surface area contributed by atoms with E-state index in [0.717, 1.165) is 6.17 Å². The minimum Gasteiger partial charge on any atom is -0.466 e. The lowest BCUT2D eigenvalue weighted by Gasteiger charge is -2.33. The molecule has 0 radical (unpaired) electrons. The Kier molecular flexibility index (Phi) is 7.96. The molecule has 0 aliphatic heterocycles. The van der Waals surface area contributed by atoms with Crippen LogP contribution in [0.15, 0.2) is 0 Å². The average molecular weight is 293 g/mol. The van der Waals surface area contributed by atoms with Gasteiger partial charge in [-0.1, -0.05) is 0 Å². The number of nitrogens with two attached hydrogens (primary N) is 1. The molecule has 0 atom stereocenters. The van der Waals surface area contributed by atoms with Gasteiger partial charge in [0.1, 0.15) is 0 Å². The van der Waals surface area contributed by atoms with Crippen molar-refractivity contribution in [3.63, 3.8) is 0 Å². The van der Waals surface area contributed by atoms with Crippen LogP contribution in [0.25, 0.3) is 0 Å². The number of ether oxygens (including phenoxy) is 1. The molecule has 0 rings (SSSR count). The fraction of sp³-hybridized carbons (Fsp3) is 0.909. The first-order valence-electron chi connectivity index (χ1n) is 6.49. The maximum absolute atomic E-state index is 11.2. The predicted octanol–water partition coefficient (Wildman–Crippen LogP) is 0.993. The molecule has 0 aromatic rings. The molecule has 0 aliphatic carbocycles. The van der Waals surface area contributed by atoms with E-state index in [1.807, 2.05) is 6.92 Å². The number of nitrogens with one attached hydrogen (secondary N) is 1. The molecule has 0 aromatic heterocycles. The van der Waals surface area contributed by atoms with Crippen molar-refractivity contribution in [1.82, 2.24) is 5.32 Å². The van der Waals surface area contributed by atoms with Gasteiger partial charge in [-0.2, -0.15) is 0 Å². The summed E-state index contributed by atoms with van der Waals surface area (Å²) in [5.41, 5.74) is 5.72. The number of hydrogen-bond acceptors (Lipinski definition) is 5. The van der Waals surface area contributed by atoms with Crippen molar-refractivity contribution >= 4 is 22.6 Å². The highest BCUT2D eigenvalue weighted by Gasteiger charge is 2.31. The Bertz CT molecular complexity index is 261. The zero-order chi connectivity index (χ0) is 14.2. The van der Waals surface area contributed by atoms with E-state index >= 15 is 0 Å². The van der Waals surface area contributed by atoms with Crippen LogP contribution in [0.2, 0.25) is 26.2 Å². The summed E-state index contributed by atoms with van der Waals surface area (Å²) in [6.07, 6.45) is 1.89. The van der Waals surface area contributed by atoms with Crippen LogP contribution in [0.1, 0.15) is 13.3 Å². The van der Waals surface area contributed by atoms with E-state index in [-0.39, 0.29) is 5.97 Å². The van der Waals surface area contributed by atoms with Crippen LogP contribution in [0.5, 0.6) is 0 Å².